The smallest absolute Gasteiger partial charge is 0.307 e. The molecule has 0 bridgehead atoms. The molecular formula is C8H16N2O4S. The third-order valence-corrected chi connectivity index (χ3v) is 4.42. The van der Waals surface area contributed by atoms with Crippen molar-refractivity contribution in [3.63, 3.8) is 0 Å². The van der Waals surface area contributed by atoms with Crippen LogP contribution in [-0.2, 0) is 14.8 Å². The van der Waals surface area contributed by atoms with Gasteiger partial charge in [-0.1, -0.05) is 6.92 Å². The predicted octanol–water partition coefficient (Wildman–Crippen LogP) is -1.06. The Labute approximate surface area is 89.3 Å². The first-order valence-corrected chi connectivity index (χ1v) is 6.46. The number of sulfonamides is 1. The molecule has 0 aromatic carbocycles. The molecular weight excluding hydrogens is 220 g/mol. The molecule has 1 fully saturated rings. The van der Waals surface area contributed by atoms with Gasteiger partial charge in [0.25, 0.3) is 0 Å². The summed E-state index contributed by atoms with van der Waals surface area (Å²) in [5, 5.41) is 11.7. The number of hydrogen-bond acceptors (Lipinski definition) is 4. The maximum Gasteiger partial charge on any atom is 0.307 e. The van der Waals surface area contributed by atoms with Gasteiger partial charge >= 0.3 is 5.97 Å². The number of aliphatic carboxylic acids is 1. The van der Waals surface area contributed by atoms with E-state index in [1.807, 2.05) is 0 Å². The van der Waals surface area contributed by atoms with Crippen LogP contribution in [0.1, 0.15) is 6.92 Å². The molecule has 2 N–H and O–H groups in total. The molecule has 1 atom stereocenters. The van der Waals surface area contributed by atoms with Crippen LogP contribution < -0.4 is 5.32 Å². The first-order chi connectivity index (χ1) is 6.93. The first kappa shape index (κ1) is 12.4. The summed E-state index contributed by atoms with van der Waals surface area (Å²) < 4.78 is 24.8. The maximum absolute atomic E-state index is 11.7. The van der Waals surface area contributed by atoms with Gasteiger partial charge in [-0.2, -0.15) is 4.31 Å². The third-order valence-electron chi connectivity index (χ3n) is 2.35. The summed E-state index contributed by atoms with van der Waals surface area (Å²) in [5.41, 5.74) is 0. The molecule has 88 valence electrons. The molecule has 15 heavy (non-hydrogen) atoms. The van der Waals surface area contributed by atoms with Crippen LogP contribution in [0.15, 0.2) is 0 Å². The van der Waals surface area contributed by atoms with Gasteiger partial charge in [0.1, 0.15) is 0 Å². The molecule has 6 nitrogen and oxygen atoms in total. The number of carboxylic acids is 1. The zero-order valence-electron chi connectivity index (χ0n) is 8.64. The van der Waals surface area contributed by atoms with Crippen LogP contribution in [0.4, 0.5) is 0 Å². The van der Waals surface area contributed by atoms with Gasteiger partial charge < -0.3 is 10.4 Å². The van der Waals surface area contributed by atoms with E-state index in [0.717, 1.165) is 0 Å². The molecule has 0 aliphatic carbocycles. The Morgan fingerprint density at radius 3 is 2.47 bits per heavy atom. The second-order valence-corrected chi connectivity index (χ2v) is 5.68. The molecule has 1 saturated heterocycles. The van der Waals surface area contributed by atoms with Crippen molar-refractivity contribution in [1.29, 1.82) is 0 Å². The summed E-state index contributed by atoms with van der Waals surface area (Å²) >= 11 is 0. The topological polar surface area (TPSA) is 86.7 Å². The van der Waals surface area contributed by atoms with E-state index in [-0.39, 0.29) is 5.75 Å². The molecule has 1 rings (SSSR count). The van der Waals surface area contributed by atoms with Gasteiger partial charge in [0, 0.05) is 26.2 Å². The lowest BCUT2D eigenvalue weighted by Gasteiger charge is -2.27. The Hall–Kier alpha value is -0.660. The Balaban J connectivity index is 2.61. The summed E-state index contributed by atoms with van der Waals surface area (Å²) in [5.74, 6) is -2.25. The fourth-order valence-corrected chi connectivity index (χ4v) is 3.14. The van der Waals surface area contributed by atoms with Crippen molar-refractivity contribution in [3.8, 4) is 0 Å². The van der Waals surface area contributed by atoms with Crippen LogP contribution in [0.3, 0.4) is 0 Å². The first-order valence-electron chi connectivity index (χ1n) is 4.85. The second-order valence-electron chi connectivity index (χ2n) is 3.67. The van der Waals surface area contributed by atoms with Gasteiger partial charge in [-0.05, 0) is 0 Å². The highest BCUT2D eigenvalue weighted by molar-refractivity contribution is 7.89. The van der Waals surface area contributed by atoms with E-state index in [0.29, 0.717) is 26.2 Å². The molecule has 1 aliphatic rings. The lowest BCUT2D eigenvalue weighted by atomic mass is 10.2. The van der Waals surface area contributed by atoms with Crippen LogP contribution in [0.5, 0.6) is 0 Å². The highest BCUT2D eigenvalue weighted by Gasteiger charge is 2.28. The van der Waals surface area contributed by atoms with Crippen LogP contribution in [0, 0.1) is 5.92 Å². The Kier molecular flexibility index (Phi) is 4.06. The van der Waals surface area contributed by atoms with E-state index < -0.39 is 21.9 Å². The largest absolute Gasteiger partial charge is 0.481 e. The lowest BCUT2D eigenvalue weighted by molar-refractivity contribution is -0.140. The summed E-state index contributed by atoms with van der Waals surface area (Å²) in [6.07, 6.45) is 0. The number of nitrogens with one attached hydrogen (secondary N) is 1. The van der Waals surface area contributed by atoms with Crippen molar-refractivity contribution < 1.29 is 18.3 Å². The van der Waals surface area contributed by atoms with Crippen molar-refractivity contribution in [2.75, 3.05) is 31.9 Å². The van der Waals surface area contributed by atoms with Crippen LogP contribution in [0.25, 0.3) is 0 Å². The number of rotatable bonds is 4. The zero-order valence-corrected chi connectivity index (χ0v) is 9.46. The minimum atomic E-state index is -3.42. The van der Waals surface area contributed by atoms with Crippen molar-refractivity contribution >= 4 is 16.0 Å². The van der Waals surface area contributed by atoms with E-state index in [2.05, 4.69) is 5.32 Å². The average molecular weight is 236 g/mol. The molecule has 1 unspecified atom stereocenters. The van der Waals surface area contributed by atoms with Crippen LogP contribution >= 0.6 is 0 Å². The summed E-state index contributed by atoms with van der Waals surface area (Å²) in [6, 6.07) is 0. The van der Waals surface area contributed by atoms with Crippen LogP contribution in [0.2, 0.25) is 0 Å². The van der Waals surface area contributed by atoms with Gasteiger partial charge in [0.05, 0.1) is 11.7 Å². The van der Waals surface area contributed by atoms with E-state index in [4.69, 9.17) is 5.11 Å². The van der Waals surface area contributed by atoms with E-state index >= 15 is 0 Å². The lowest BCUT2D eigenvalue weighted by Crippen LogP contribution is -2.48. The predicted molar refractivity (Wildman–Crippen MR) is 55.0 cm³/mol. The van der Waals surface area contributed by atoms with E-state index in [9.17, 15) is 13.2 Å². The van der Waals surface area contributed by atoms with E-state index in [1.165, 1.54) is 11.2 Å². The molecule has 0 radical (unpaired) electrons. The van der Waals surface area contributed by atoms with Crippen molar-refractivity contribution in [2.45, 2.75) is 6.92 Å². The number of hydrogen-bond donors (Lipinski definition) is 2. The van der Waals surface area contributed by atoms with Gasteiger partial charge in [-0.15, -0.1) is 0 Å². The number of carbonyl (C=O) groups is 1. The summed E-state index contributed by atoms with van der Waals surface area (Å²) in [4.78, 5) is 10.6. The molecule has 0 aromatic heterocycles. The minimum Gasteiger partial charge on any atom is -0.481 e. The second kappa shape index (κ2) is 4.91. The molecule has 1 aliphatic heterocycles. The van der Waals surface area contributed by atoms with Gasteiger partial charge in [0.15, 0.2) is 0 Å². The standard InChI is InChI=1S/C8H16N2O4S/c1-7(8(11)12)6-15(13,14)10-4-2-9-3-5-10/h7,9H,2-6H2,1H3,(H,11,12). The monoisotopic (exact) mass is 236 g/mol. The Morgan fingerprint density at radius 1 is 1.47 bits per heavy atom. The van der Waals surface area contributed by atoms with Crippen molar-refractivity contribution in [2.24, 2.45) is 5.92 Å². The summed E-state index contributed by atoms with van der Waals surface area (Å²) in [6.45, 7) is 3.51. The molecule has 0 saturated carbocycles. The normalized spacial score (nSPS) is 21.1. The Bertz CT molecular complexity index is 322. The number of nitrogens with zero attached hydrogens (tertiary/aromatic N) is 1. The number of carboxylic acid groups (broad SMARTS) is 1. The summed E-state index contributed by atoms with van der Waals surface area (Å²) in [7, 11) is -3.42. The molecule has 0 amide bonds. The fourth-order valence-electron chi connectivity index (χ4n) is 1.42. The maximum atomic E-state index is 11.7. The molecule has 0 spiro atoms. The Morgan fingerprint density at radius 2 is 2.00 bits per heavy atom. The van der Waals surface area contributed by atoms with Crippen LogP contribution in [-0.4, -0.2) is 55.7 Å². The van der Waals surface area contributed by atoms with Crippen molar-refractivity contribution in [1.82, 2.24) is 9.62 Å². The molecule has 1 heterocycles. The minimum absolute atomic E-state index is 0.317. The third kappa shape index (κ3) is 3.44. The van der Waals surface area contributed by atoms with Gasteiger partial charge in [-0.3, -0.25) is 4.79 Å². The highest BCUT2D eigenvalue weighted by atomic mass is 32.2. The zero-order chi connectivity index (χ0) is 11.5. The average Bonchev–Trinajstić information content (AvgIpc) is 2.18. The van der Waals surface area contributed by atoms with Gasteiger partial charge in [0.2, 0.25) is 10.0 Å². The SMILES string of the molecule is CC(CS(=O)(=O)N1CCNCC1)C(=O)O. The highest BCUT2D eigenvalue weighted by Crippen LogP contribution is 2.08. The molecule has 7 heteroatoms. The fraction of sp³-hybridized carbons (Fsp3) is 0.875. The van der Waals surface area contributed by atoms with Crippen molar-refractivity contribution in [3.05, 3.63) is 0 Å². The number of piperazine rings is 1. The quantitative estimate of drug-likeness (QED) is 0.650. The van der Waals surface area contributed by atoms with E-state index in [1.54, 1.807) is 0 Å². The molecule has 0 aromatic rings. The van der Waals surface area contributed by atoms with Gasteiger partial charge in [-0.25, -0.2) is 8.42 Å².